The third-order valence-electron chi connectivity index (χ3n) is 3.55. The maximum absolute atomic E-state index is 12.5. The number of benzene rings is 2. The van der Waals surface area contributed by atoms with E-state index in [4.69, 9.17) is 25.8 Å². The van der Waals surface area contributed by atoms with Crippen LogP contribution in [0.1, 0.15) is 13.3 Å². The first kappa shape index (κ1) is 16.5. The van der Waals surface area contributed by atoms with Gasteiger partial charge in [-0.3, -0.25) is 4.79 Å². The van der Waals surface area contributed by atoms with E-state index in [-0.39, 0.29) is 5.91 Å². The second-order valence-corrected chi connectivity index (χ2v) is 5.76. The maximum atomic E-state index is 12.5. The van der Waals surface area contributed by atoms with Gasteiger partial charge in [0.25, 0.3) is 5.91 Å². The molecule has 0 unspecified atom stereocenters. The lowest BCUT2D eigenvalue weighted by Crippen LogP contribution is -2.32. The lowest BCUT2D eigenvalue weighted by molar-refractivity contribution is -0.122. The number of nitrogens with one attached hydrogen (secondary N) is 1. The van der Waals surface area contributed by atoms with Crippen LogP contribution in [0.5, 0.6) is 17.2 Å². The van der Waals surface area contributed by atoms with Crippen molar-refractivity contribution in [2.45, 2.75) is 19.4 Å². The van der Waals surface area contributed by atoms with E-state index in [1.165, 1.54) is 0 Å². The van der Waals surface area contributed by atoms with Gasteiger partial charge in [-0.1, -0.05) is 24.6 Å². The van der Waals surface area contributed by atoms with Crippen molar-refractivity contribution in [1.29, 1.82) is 0 Å². The summed E-state index contributed by atoms with van der Waals surface area (Å²) in [7, 11) is 0. The summed E-state index contributed by atoms with van der Waals surface area (Å²) in [6, 6.07) is 12.3. The zero-order valence-electron chi connectivity index (χ0n) is 13.3. The van der Waals surface area contributed by atoms with Crippen molar-refractivity contribution in [2.75, 3.05) is 18.5 Å². The molecule has 0 aliphatic carbocycles. The molecular weight excluding hydrogens is 330 g/mol. The number of fused-ring (bicyclic) bond motifs is 1. The Bertz CT molecular complexity index is 735. The molecule has 1 amide bonds. The lowest BCUT2D eigenvalue weighted by Gasteiger charge is -2.20. The predicted octanol–water partition coefficient (Wildman–Crippen LogP) is 3.91. The molecule has 0 saturated carbocycles. The number of amides is 1. The summed E-state index contributed by atoms with van der Waals surface area (Å²) in [6.07, 6.45) is -0.0835. The molecule has 2 aromatic carbocycles. The summed E-state index contributed by atoms with van der Waals surface area (Å²) >= 11 is 5.94. The lowest BCUT2D eigenvalue weighted by atomic mass is 10.2. The van der Waals surface area contributed by atoms with Gasteiger partial charge in [-0.2, -0.15) is 0 Å². The van der Waals surface area contributed by atoms with Gasteiger partial charge in [-0.25, -0.2) is 0 Å². The molecule has 24 heavy (non-hydrogen) atoms. The van der Waals surface area contributed by atoms with Crippen molar-refractivity contribution < 1.29 is 19.0 Å². The Morgan fingerprint density at radius 2 is 2.00 bits per heavy atom. The van der Waals surface area contributed by atoms with Crippen molar-refractivity contribution in [3.05, 3.63) is 47.5 Å². The Morgan fingerprint density at radius 3 is 2.75 bits per heavy atom. The van der Waals surface area contributed by atoms with E-state index in [1.807, 2.05) is 6.92 Å². The van der Waals surface area contributed by atoms with Crippen LogP contribution < -0.4 is 19.5 Å². The third kappa shape index (κ3) is 3.92. The van der Waals surface area contributed by atoms with Crippen molar-refractivity contribution in [3.8, 4) is 17.2 Å². The molecule has 3 rings (SSSR count). The Hall–Kier alpha value is -2.40. The minimum atomic E-state index is -0.614. The summed E-state index contributed by atoms with van der Waals surface area (Å²) < 4.78 is 16.7. The highest BCUT2D eigenvalue weighted by atomic mass is 35.5. The molecular formula is C18H18ClNO4. The summed E-state index contributed by atoms with van der Waals surface area (Å²) in [4.78, 5) is 12.5. The minimum absolute atomic E-state index is 0.228. The Kier molecular flexibility index (Phi) is 5.11. The van der Waals surface area contributed by atoms with Gasteiger partial charge in [0.2, 0.25) is 0 Å². The van der Waals surface area contributed by atoms with Gasteiger partial charge in [0, 0.05) is 16.8 Å². The smallest absolute Gasteiger partial charge is 0.265 e. The topological polar surface area (TPSA) is 56.8 Å². The first-order chi connectivity index (χ1) is 11.7. The Labute approximate surface area is 145 Å². The largest absolute Gasteiger partial charge is 0.486 e. The number of carbonyl (C=O) groups is 1. The normalized spacial score (nSPS) is 13.9. The molecule has 1 heterocycles. The van der Waals surface area contributed by atoms with Gasteiger partial charge in [-0.05, 0) is 36.8 Å². The van der Waals surface area contributed by atoms with Crippen molar-refractivity contribution in [1.82, 2.24) is 0 Å². The van der Waals surface area contributed by atoms with E-state index in [9.17, 15) is 4.79 Å². The fraction of sp³-hybridized carbons (Fsp3) is 0.278. The SMILES string of the molecule is CC[C@H](Oc1cccc(Cl)c1)C(=O)Nc1ccc2c(c1)OCCO2. The molecule has 126 valence electrons. The van der Waals surface area contributed by atoms with Gasteiger partial charge >= 0.3 is 0 Å². The number of rotatable bonds is 5. The summed E-state index contributed by atoms with van der Waals surface area (Å²) in [5.74, 6) is 1.64. The first-order valence-corrected chi connectivity index (χ1v) is 8.16. The van der Waals surface area contributed by atoms with Crippen LogP contribution in [0.2, 0.25) is 5.02 Å². The molecule has 6 heteroatoms. The van der Waals surface area contributed by atoms with E-state index >= 15 is 0 Å². The Balaban J connectivity index is 1.68. The predicted molar refractivity (Wildman–Crippen MR) is 92.2 cm³/mol. The fourth-order valence-electron chi connectivity index (χ4n) is 2.37. The first-order valence-electron chi connectivity index (χ1n) is 7.78. The van der Waals surface area contributed by atoms with Gasteiger partial charge in [0.1, 0.15) is 19.0 Å². The van der Waals surface area contributed by atoms with Crippen LogP contribution in [0.25, 0.3) is 0 Å². The second-order valence-electron chi connectivity index (χ2n) is 5.32. The molecule has 0 aromatic heterocycles. The van der Waals surface area contributed by atoms with Crippen molar-refractivity contribution in [3.63, 3.8) is 0 Å². The summed E-state index contributed by atoms with van der Waals surface area (Å²) in [5, 5.41) is 3.41. The van der Waals surface area contributed by atoms with E-state index in [0.29, 0.717) is 47.6 Å². The van der Waals surface area contributed by atoms with Gasteiger partial charge in [0.05, 0.1) is 0 Å². The van der Waals surface area contributed by atoms with E-state index in [2.05, 4.69) is 5.32 Å². The number of ether oxygens (including phenoxy) is 3. The van der Waals surface area contributed by atoms with Crippen LogP contribution >= 0.6 is 11.6 Å². The quantitative estimate of drug-likeness (QED) is 0.891. The van der Waals surface area contributed by atoms with Crippen molar-refractivity contribution in [2.24, 2.45) is 0 Å². The number of anilines is 1. The van der Waals surface area contributed by atoms with Crippen LogP contribution in [0.3, 0.4) is 0 Å². The van der Waals surface area contributed by atoms with Gasteiger partial charge in [0.15, 0.2) is 17.6 Å². The molecule has 1 aliphatic rings. The molecule has 0 radical (unpaired) electrons. The maximum Gasteiger partial charge on any atom is 0.265 e. The van der Waals surface area contributed by atoms with Crippen LogP contribution in [-0.2, 0) is 4.79 Å². The highest BCUT2D eigenvalue weighted by Crippen LogP contribution is 2.32. The summed E-state index contributed by atoms with van der Waals surface area (Å²) in [5.41, 5.74) is 0.636. The molecule has 1 atom stereocenters. The zero-order chi connectivity index (χ0) is 16.9. The number of hydrogen-bond acceptors (Lipinski definition) is 4. The molecule has 0 fully saturated rings. The average molecular weight is 348 g/mol. The molecule has 2 aromatic rings. The second kappa shape index (κ2) is 7.45. The molecule has 1 N–H and O–H groups in total. The summed E-state index contributed by atoms with van der Waals surface area (Å²) in [6.45, 7) is 2.92. The standard InChI is InChI=1S/C18H18ClNO4/c1-2-15(24-14-5-3-4-12(19)10-14)18(21)20-13-6-7-16-17(11-13)23-9-8-22-16/h3-7,10-11,15H,2,8-9H2,1H3,(H,20,21)/t15-/m0/s1. The minimum Gasteiger partial charge on any atom is -0.486 e. The molecule has 1 aliphatic heterocycles. The number of halogens is 1. The van der Waals surface area contributed by atoms with Crippen LogP contribution in [0, 0.1) is 0 Å². The molecule has 5 nitrogen and oxygen atoms in total. The average Bonchev–Trinajstić information content (AvgIpc) is 2.59. The van der Waals surface area contributed by atoms with Crippen molar-refractivity contribution >= 4 is 23.2 Å². The van der Waals surface area contributed by atoms with E-state index in [0.717, 1.165) is 0 Å². The van der Waals surface area contributed by atoms with E-state index in [1.54, 1.807) is 42.5 Å². The van der Waals surface area contributed by atoms with E-state index < -0.39 is 6.10 Å². The fourth-order valence-corrected chi connectivity index (χ4v) is 2.55. The van der Waals surface area contributed by atoms with Gasteiger partial charge in [-0.15, -0.1) is 0 Å². The monoisotopic (exact) mass is 347 g/mol. The third-order valence-corrected chi connectivity index (χ3v) is 3.78. The van der Waals surface area contributed by atoms with Gasteiger partial charge < -0.3 is 19.5 Å². The molecule has 0 saturated heterocycles. The van der Waals surface area contributed by atoms with Crippen LogP contribution in [0.15, 0.2) is 42.5 Å². The highest BCUT2D eigenvalue weighted by molar-refractivity contribution is 6.30. The Morgan fingerprint density at radius 1 is 1.21 bits per heavy atom. The van der Waals surface area contributed by atoms with Crippen LogP contribution in [0.4, 0.5) is 5.69 Å². The molecule has 0 bridgehead atoms. The number of carbonyl (C=O) groups excluding carboxylic acids is 1. The zero-order valence-corrected chi connectivity index (χ0v) is 14.0. The highest BCUT2D eigenvalue weighted by Gasteiger charge is 2.20. The van der Waals surface area contributed by atoms with Crippen LogP contribution in [-0.4, -0.2) is 25.2 Å². The molecule has 0 spiro atoms. The number of hydrogen-bond donors (Lipinski definition) is 1.